The zero-order valence-electron chi connectivity index (χ0n) is 13.8. The van der Waals surface area contributed by atoms with Crippen LogP contribution in [0.1, 0.15) is 39.5 Å². The van der Waals surface area contributed by atoms with E-state index in [9.17, 15) is 0 Å². The Balaban J connectivity index is 2.13. The number of hydrogen-bond acceptors (Lipinski definition) is 3. The van der Waals surface area contributed by atoms with E-state index >= 15 is 0 Å². The summed E-state index contributed by atoms with van der Waals surface area (Å²) < 4.78 is 11.5. The Morgan fingerprint density at radius 1 is 1.18 bits per heavy atom. The van der Waals surface area contributed by atoms with Crippen LogP contribution < -0.4 is 9.47 Å². The fourth-order valence-corrected chi connectivity index (χ4v) is 3.24. The first-order chi connectivity index (χ1) is 10.8. The van der Waals surface area contributed by atoms with Crippen LogP contribution in [-0.2, 0) is 0 Å². The Kier molecular flexibility index (Phi) is 6.78. The van der Waals surface area contributed by atoms with Gasteiger partial charge in [0.05, 0.1) is 13.7 Å². The molecule has 0 bridgehead atoms. The van der Waals surface area contributed by atoms with Crippen LogP contribution in [0, 0.1) is 5.92 Å². The number of hydrogen-bond donors (Lipinski definition) is 0. The summed E-state index contributed by atoms with van der Waals surface area (Å²) in [6, 6.07) is 10.3. The van der Waals surface area contributed by atoms with Gasteiger partial charge >= 0.3 is 0 Å². The fourth-order valence-electron chi connectivity index (χ4n) is 2.49. The molecule has 0 N–H and O–H groups in total. The van der Waals surface area contributed by atoms with E-state index in [4.69, 9.17) is 9.47 Å². The maximum absolute atomic E-state index is 6.16. The molecule has 120 valence electrons. The van der Waals surface area contributed by atoms with Gasteiger partial charge in [-0.3, -0.25) is 0 Å². The smallest absolute Gasteiger partial charge is 0.128 e. The van der Waals surface area contributed by atoms with Crippen molar-refractivity contribution >= 4 is 11.3 Å². The molecule has 1 atom stereocenters. The second-order valence-corrected chi connectivity index (χ2v) is 6.51. The highest BCUT2D eigenvalue weighted by atomic mass is 32.1. The van der Waals surface area contributed by atoms with E-state index in [0.717, 1.165) is 23.7 Å². The van der Waals surface area contributed by atoms with Gasteiger partial charge in [-0.2, -0.15) is 0 Å². The monoisotopic (exact) mass is 318 g/mol. The summed E-state index contributed by atoms with van der Waals surface area (Å²) in [5.74, 6) is 2.46. The van der Waals surface area contributed by atoms with E-state index in [1.54, 1.807) is 18.4 Å². The summed E-state index contributed by atoms with van der Waals surface area (Å²) in [5, 5.41) is 2.09. The molecule has 2 rings (SSSR count). The SMILES string of the molecule is CCCC[C@@H](CC)COc1ccc(OC)cc1-c1cccs1. The molecule has 3 heteroatoms. The molecule has 2 nitrogen and oxygen atoms in total. The van der Waals surface area contributed by atoms with Crippen molar-refractivity contribution in [2.75, 3.05) is 13.7 Å². The number of thiophene rings is 1. The minimum atomic E-state index is 0.637. The molecule has 0 radical (unpaired) electrons. The summed E-state index contributed by atoms with van der Waals surface area (Å²) >= 11 is 1.73. The molecule has 0 aliphatic heterocycles. The van der Waals surface area contributed by atoms with Gasteiger partial charge in [-0.05, 0) is 42.0 Å². The third-order valence-electron chi connectivity index (χ3n) is 3.99. The van der Waals surface area contributed by atoms with Gasteiger partial charge in [0.15, 0.2) is 0 Å². The largest absolute Gasteiger partial charge is 0.497 e. The van der Waals surface area contributed by atoms with Crippen LogP contribution in [0.15, 0.2) is 35.7 Å². The summed E-state index contributed by atoms with van der Waals surface area (Å²) in [7, 11) is 1.70. The van der Waals surface area contributed by atoms with Crippen molar-refractivity contribution < 1.29 is 9.47 Å². The average molecular weight is 318 g/mol. The van der Waals surface area contributed by atoms with E-state index in [2.05, 4.69) is 37.4 Å². The number of methoxy groups -OCH3 is 1. The van der Waals surface area contributed by atoms with Gasteiger partial charge in [-0.15, -0.1) is 11.3 Å². The zero-order valence-corrected chi connectivity index (χ0v) is 14.6. The van der Waals surface area contributed by atoms with Crippen LogP contribution in [0.4, 0.5) is 0 Å². The van der Waals surface area contributed by atoms with Crippen LogP contribution in [0.2, 0.25) is 0 Å². The number of benzene rings is 1. The standard InChI is InChI=1S/C19H26O2S/c1-4-6-8-15(5-2)14-21-18-11-10-16(20-3)13-17(18)19-9-7-12-22-19/h7,9-13,15H,4-6,8,14H2,1-3H3/t15-/m1/s1. The topological polar surface area (TPSA) is 18.5 Å². The molecule has 0 saturated heterocycles. The number of rotatable bonds is 9. The van der Waals surface area contributed by atoms with E-state index in [1.807, 2.05) is 12.1 Å². The average Bonchev–Trinajstić information content (AvgIpc) is 3.09. The van der Waals surface area contributed by atoms with Gasteiger partial charge in [0, 0.05) is 10.4 Å². The molecule has 0 spiro atoms. The molecule has 0 amide bonds. The van der Waals surface area contributed by atoms with Crippen LogP contribution in [0.5, 0.6) is 11.5 Å². The molecular weight excluding hydrogens is 292 g/mol. The molecule has 0 saturated carbocycles. The zero-order chi connectivity index (χ0) is 15.8. The summed E-state index contributed by atoms with van der Waals surface area (Å²) in [4.78, 5) is 1.22. The molecule has 2 aromatic rings. The normalized spacial score (nSPS) is 12.1. The van der Waals surface area contributed by atoms with Crippen LogP contribution in [-0.4, -0.2) is 13.7 Å². The van der Waals surface area contributed by atoms with E-state index in [-0.39, 0.29) is 0 Å². The molecule has 22 heavy (non-hydrogen) atoms. The molecule has 1 heterocycles. The van der Waals surface area contributed by atoms with Crippen LogP contribution >= 0.6 is 11.3 Å². The highest BCUT2D eigenvalue weighted by molar-refractivity contribution is 7.13. The van der Waals surface area contributed by atoms with Gasteiger partial charge < -0.3 is 9.47 Å². The minimum absolute atomic E-state index is 0.637. The van der Waals surface area contributed by atoms with Gasteiger partial charge in [-0.25, -0.2) is 0 Å². The van der Waals surface area contributed by atoms with E-state index < -0.39 is 0 Å². The lowest BCUT2D eigenvalue weighted by Crippen LogP contribution is -2.11. The highest BCUT2D eigenvalue weighted by Gasteiger charge is 2.12. The predicted molar refractivity (Wildman–Crippen MR) is 95.1 cm³/mol. The highest BCUT2D eigenvalue weighted by Crippen LogP contribution is 2.36. The number of unbranched alkanes of at least 4 members (excludes halogenated alkanes) is 1. The Morgan fingerprint density at radius 3 is 2.68 bits per heavy atom. The molecular formula is C19H26O2S. The molecule has 0 aliphatic carbocycles. The first-order valence-corrected chi connectivity index (χ1v) is 9.01. The van der Waals surface area contributed by atoms with Gasteiger partial charge in [0.25, 0.3) is 0 Å². The van der Waals surface area contributed by atoms with Gasteiger partial charge in [0.2, 0.25) is 0 Å². The van der Waals surface area contributed by atoms with E-state index in [1.165, 1.54) is 30.6 Å². The maximum Gasteiger partial charge on any atom is 0.128 e. The minimum Gasteiger partial charge on any atom is -0.497 e. The summed E-state index contributed by atoms with van der Waals surface area (Å²) in [6.45, 7) is 5.28. The third kappa shape index (κ3) is 4.51. The van der Waals surface area contributed by atoms with Crippen molar-refractivity contribution in [1.82, 2.24) is 0 Å². The summed E-state index contributed by atoms with van der Waals surface area (Å²) in [5.41, 5.74) is 1.12. The second-order valence-electron chi connectivity index (χ2n) is 5.57. The fraction of sp³-hybridized carbons (Fsp3) is 0.474. The first kappa shape index (κ1) is 16.9. The van der Waals surface area contributed by atoms with E-state index in [0.29, 0.717) is 5.92 Å². The predicted octanol–water partition coefficient (Wildman–Crippen LogP) is 6.02. The van der Waals surface area contributed by atoms with Crippen molar-refractivity contribution in [2.45, 2.75) is 39.5 Å². The van der Waals surface area contributed by atoms with Crippen molar-refractivity contribution in [2.24, 2.45) is 5.92 Å². The third-order valence-corrected chi connectivity index (χ3v) is 4.89. The lowest BCUT2D eigenvalue weighted by Gasteiger charge is -2.17. The van der Waals surface area contributed by atoms with Crippen molar-refractivity contribution in [3.63, 3.8) is 0 Å². The van der Waals surface area contributed by atoms with Crippen LogP contribution in [0.25, 0.3) is 10.4 Å². The maximum atomic E-state index is 6.16. The Bertz CT molecular complexity index is 549. The molecule has 0 unspecified atom stereocenters. The molecule has 0 fully saturated rings. The quantitative estimate of drug-likeness (QED) is 0.563. The first-order valence-electron chi connectivity index (χ1n) is 8.13. The Hall–Kier alpha value is -1.48. The Morgan fingerprint density at radius 2 is 2.05 bits per heavy atom. The van der Waals surface area contributed by atoms with Gasteiger partial charge in [-0.1, -0.05) is 39.2 Å². The second kappa shape index (κ2) is 8.84. The lowest BCUT2D eigenvalue weighted by atomic mass is 10.0. The van der Waals surface area contributed by atoms with Crippen molar-refractivity contribution in [3.8, 4) is 21.9 Å². The van der Waals surface area contributed by atoms with Crippen LogP contribution in [0.3, 0.4) is 0 Å². The van der Waals surface area contributed by atoms with Crippen molar-refractivity contribution in [3.05, 3.63) is 35.7 Å². The molecule has 0 aliphatic rings. The van der Waals surface area contributed by atoms with Gasteiger partial charge in [0.1, 0.15) is 11.5 Å². The summed E-state index contributed by atoms with van der Waals surface area (Å²) in [6.07, 6.45) is 4.95. The Labute approximate surface area is 138 Å². The van der Waals surface area contributed by atoms with Crippen molar-refractivity contribution in [1.29, 1.82) is 0 Å². The lowest BCUT2D eigenvalue weighted by molar-refractivity contribution is 0.234. The molecule has 1 aromatic carbocycles. The number of ether oxygens (including phenoxy) is 2. The molecule has 1 aromatic heterocycles.